The lowest BCUT2D eigenvalue weighted by Crippen LogP contribution is -2.23. The quantitative estimate of drug-likeness (QED) is 0.140. The first-order valence-corrected chi connectivity index (χ1v) is 13.1. The van der Waals surface area contributed by atoms with Crippen LogP contribution in [0, 0.1) is 6.92 Å². The van der Waals surface area contributed by atoms with E-state index in [4.69, 9.17) is 4.74 Å². The monoisotopic (exact) mass is 583 g/mol. The van der Waals surface area contributed by atoms with Gasteiger partial charge in [0.15, 0.2) is 11.8 Å². The fraction of sp³-hybridized carbons (Fsp3) is 0.435. The number of carbonyl (C=O) groups is 1. The minimum Gasteiger partial charge on any atom is -0.439 e. The Morgan fingerprint density at radius 1 is 0.947 bits per heavy atom. The Morgan fingerprint density at radius 2 is 1.66 bits per heavy atom. The van der Waals surface area contributed by atoms with E-state index in [1.54, 1.807) is 30.5 Å². The zero-order valence-electron chi connectivity index (χ0n) is 20.0. The number of para-hydroxylation sites is 2. The third-order valence-corrected chi connectivity index (χ3v) is 6.87. The van der Waals surface area contributed by atoms with Crippen LogP contribution in [0.2, 0.25) is 0 Å². The summed E-state index contributed by atoms with van der Waals surface area (Å²) in [5.74, 6) is 0.820. The summed E-state index contributed by atoms with van der Waals surface area (Å²) >= 11 is 2.61. The molecule has 0 amide bonds. The zero-order chi connectivity index (χ0) is 27.8. The van der Waals surface area contributed by atoms with Gasteiger partial charge in [0.2, 0.25) is 0 Å². The summed E-state index contributed by atoms with van der Waals surface area (Å²) in [4.78, 5) is 22.1. The summed E-state index contributed by atoms with van der Waals surface area (Å²) in [6.07, 6.45) is -8.60. The van der Waals surface area contributed by atoms with Crippen LogP contribution in [0.25, 0.3) is 11.0 Å². The molecular formula is C23H23F6N3O4S2. The molecule has 0 fully saturated rings. The van der Waals surface area contributed by atoms with Gasteiger partial charge in [-0.2, -0.15) is 26.3 Å². The van der Waals surface area contributed by atoms with Crippen LogP contribution in [-0.2, 0) is 20.0 Å². The molecule has 0 saturated carbocycles. The number of hydrogen-bond acceptors (Lipinski definition) is 8. The number of alkyl halides is 6. The molecule has 0 atom stereocenters. The van der Waals surface area contributed by atoms with Crippen LogP contribution in [0.3, 0.4) is 0 Å². The Kier molecular flexibility index (Phi) is 10.7. The van der Waals surface area contributed by atoms with Crippen LogP contribution in [0.4, 0.5) is 31.1 Å². The lowest BCUT2D eigenvalue weighted by molar-refractivity contribution is -0.176. The number of benzene rings is 1. The standard InChI is InChI=1S/C23H23F6N3O4S2/c1-15-17(30-7-6-19(15)37-11-10-34-8-9-35-13-22(24,25)26)12-38-20-31-16-4-2-3-5-18(16)32(20)21(33)36-14-23(27,28)29/h2-7H,8-14H2,1H3. The number of nitrogens with zero attached hydrogens (tertiary/aromatic N) is 3. The van der Waals surface area contributed by atoms with E-state index < -0.39 is 31.7 Å². The van der Waals surface area contributed by atoms with Crippen molar-refractivity contribution >= 4 is 40.7 Å². The summed E-state index contributed by atoms with van der Waals surface area (Å²) < 4.78 is 89.1. The van der Waals surface area contributed by atoms with Gasteiger partial charge in [-0.15, -0.1) is 11.8 Å². The molecule has 3 rings (SSSR count). The molecule has 0 unspecified atom stereocenters. The number of rotatable bonds is 12. The third-order valence-electron chi connectivity index (χ3n) is 4.79. The second-order valence-electron chi connectivity index (χ2n) is 7.69. The molecular weight excluding hydrogens is 560 g/mol. The number of halogens is 6. The van der Waals surface area contributed by atoms with Gasteiger partial charge in [0, 0.05) is 22.6 Å². The van der Waals surface area contributed by atoms with Crippen molar-refractivity contribution in [1.82, 2.24) is 14.5 Å². The SMILES string of the molecule is Cc1c(SCCOCCOCC(F)(F)F)ccnc1CSc1nc2ccccc2n1C(=O)OCC(F)(F)F. The molecule has 3 aromatic rings. The van der Waals surface area contributed by atoms with Crippen LogP contribution in [-0.4, -0.2) is 71.8 Å². The molecule has 0 aliphatic heterocycles. The largest absolute Gasteiger partial charge is 0.439 e. The molecule has 0 saturated heterocycles. The van der Waals surface area contributed by atoms with E-state index in [2.05, 4.69) is 19.4 Å². The van der Waals surface area contributed by atoms with Gasteiger partial charge in [-0.25, -0.2) is 14.3 Å². The average molecular weight is 584 g/mol. The predicted molar refractivity (Wildman–Crippen MR) is 129 cm³/mol. The predicted octanol–water partition coefficient (Wildman–Crippen LogP) is 6.27. The minimum absolute atomic E-state index is 0.0419. The summed E-state index contributed by atoms with van der Waals surface area (Å²) in [6, 6.07) is 8.34. The second kappa shape index (κ2) is 13.5. The molecule has 15 heteroatoms. The molecule has 0 aliphatic carbocycles. The van der Waals surface area contributed by atoms with E-state index in [1.165, 1.54) is 11.8 Å². The van der Waals surface area contributed by atoms with Crippen molar-refractivity contribution in [2.75, 3.05) is 38.8 Å². The highest BCUT2D eigenvalue weighted by atomic mass is 32.2. The Hall–Kier alpha value is -2.49. The van der Waals surface area contributed by atoms with E-state index in [-0.39, 0.29) is 24.1 Å². The van der Waals surface area contributed by atoms with E-state index >= 15 is 0 Å². The smallest absolute Gasteiger partial charge is 0.422 e. The van der Waals surface area contributed by atoms with Crippen LogP contribution in [0.1, 0.15) is 11.3 Å². The van der Waals surface area contributed by atoms with Crippen molar-refractivity contribution in [3.63, 3.8) is 0 Å². The molecule has 0 bridgehead atoms. The molecule has 38 heavy (non-hydrogen) atoms. The van der Waals surface area contributed by atoms with E-state index in [9.17, 15) is 31.1 Å². The van der Waals surface area contributed by atoms with Gasteiger partial charge < -0.3 is 14.2 Å². The van der Waals surface area contributed by atoms with Gasteiger partial charge in [0.25, 0.3) is 0 Å². The number of imidazole rings is 1. The number of thioether (sulfide) groups is 2. The van der Waals surface area contributed by atoms with Gasteiger partial charge in [-0.1, -0.05) is 23.9 Å². The Morgan fingerprint density at radius 3 is 2.39 bits per heavy atom. The van der Waals surface area contributed by atoms with Crippen molar-refractivity contribution in [2.45, 2.75) is 35.1 Å². The molecule has 0 spiro atoms. The van der Waals surface area contributed by atoms with Crippen molar-refractivity contribution in [2.24, 2.45) is 0 Å². The lowest BCUT2D eigenvalue weighted by Gasteiger charge is -2.12. The van der Waals surface area contributed by atoms with Crippen LogP contribution < -0.4 is 0 Å². The summed E-state index contributed by atoms with van der Waals surface area (Å²) in [6.45, 7) is -0.984. The van der Waals surface area contributed by atoms with Gasteiger partial charge in [0.05, 0.1) is 36.5 Å². The van der Waals surface area contributed by atoms with Gasteiger partial charge in [-0.05, 0) is 30.7 Å². The Labute approximate surface area is 222 Å². The van der Waals surface area contributed by atoms with Crippen molar-refractivity contribution in [3.05, 3.63) is 47.8 Å². The minimum atomic E-state index is -4.66. The first-order chi connectivity index (χ1) is 17.9. The first kappa shape index (κ1) is 30.1. The molecule has 208 valence electrons. The van der Waals surface area contributed by atoms with E-state index in [0.717, 1.165) is 26.8 Å². The van der Waals surface area contributed by atoms with E-state index in [0.29, 0.717) is 29.1 Å². The number of ether oxygens (including phenoxy) is 3. The highest BCUT2D eigenvalue weighted by Crippen LogP contribution is 2.30. The van der Waals surface area contributed by atoms with Gasteiger partial charge >= 0.3 is 18.4 Å². The zero-order valence-corrected chi connectivity index (χ0v) is 21.6. The molecule has 2 aromatic heterocycles. The Bertz CT molecular complexity index is 1220. The maximum Gasteiger partial charge on any atom is 0.422 e. The molecule has 0 N–H and O–H groups in total. The average Bonchev–Trinajstić information content (AvgIpc) is 3.21. The Balaban J connectivity index is 1.58. The molecule has 7 nitrogen and oxygen atoms in total. The third kappa shape index (κ3) is 9.36. The maximum absolute atomic E-state index is 12.6. The lowest BCUT2D eigenvalue weighted by atomic mass is 10.2. The van der Waals surface area contributed by atoms with Crippen LogP contribution in [0.15, 0.2) is 46.6 Å². The molecule has 1 aromatic carbocycles. The molecule has 0 radical (unpaired) electrons. The number of pyridine rings is 1. The van der Waals surface area contributed by atoms with Crippen LogP contribution in [0.5, 0.6) is 0 Å². The first-order valence-electron chi connectivity index (χ1n) is 11.1. The normalized spacial score (nSPS) is 12.3. The number of fused-ring (bicyclic) bond motifs is 1. The number of hydrogen-bond donors (Lipinski definition) is 0. The van der Waals surface area contributed by atoms with E-state index in [1.807, 2.05) is 13.0 Å². The number of carbonyl (C=O) groups excluding carboxylic acids is 1. The van der Waals surface area contributed by atoms with Gasteiger partial charge in [0.1, 0.15) is 6.61 Å². The topological polar surface area (TPSA) is 75.5 Å². The second-order valence-corrected chi connectivity index (χ2v) is 9.77. The highest BCUT2D eigenvalue weighted by Gasteiger charge is 2.31. The van der Waals surface area contributed by atoms with Crippen molar-refractivity contribution < 1.29 is 45.3 Å². The molecule has 0 aliphatic rings. The summed E-state index contributed by atoms with van der Waals surface area (Å²) in [5, 5.41) is 0.166. The fourth-order valence-electron chi connectivity index (χ4n) is 3.10. The maximum atomic E-state index is 12.6. The van der Waals surface area contributed by atoms with Crippen molar-refractivity contribution in [3.8, 4) is 0 Å². The van der Waals surface area contributed by atoms with Crippen molar-refractivity contribution in [1.29, 1.82) is 0 Å². The highest BCUT2D eigenvalue weighted by molar-refractivity contribution is 7.99. The van der Waals surface area contributed by atoms with Crippen LogP contribution >= 0.6 is 23.5 Å². The summed E-state index contributed by atoms with van der Waals surface area (Å²) in [7, 11) is 0. The fourth-order valence-corrected chi connectivity index (χ4v) is 5.03. The molecule has 2 heterocycles. The summed E-state index contributed by atoms with van der Waals surface area (Å²) in [5.41, 5.74) is 2.29. The number of aromatic nitrogens is 3. The van der Waals surface area contributed by atoms with Gasteiger partial charge in [-0.3, -0.25) is 4.98 Å².